The fourth-order valence-electron chi connectivity index (χ4n) is 3.17. The van der Waals surface area contributed by atoms with Gasteiger partial charge in [-0.3, -0.25) is 9.79 Å². The van der Waals surface area contributed by atoms with Crippen LogP contribution >= 0.6 is 24.0 Å². The minimum absolute atomic E-state index is 0. The number of hydrogen-bond acceptors (Lipinski definition) is 6. The molecular formula is C20H30IN7O2. The number of guanidine groups is 1. The molecule has 0 spiro atoms. The second-order valence-electron chi connectivity index (χ2n) is 6.91. The van der Waals surface area contributed by atoms with E-state index in [0.29, 0.717) is 44.5 Å². The average molecular weight is 527 g/mol. The van der Waals surface area contributed by atoms with Gasteiger partial charge in [-0.2, -0.15) is 0 Å². The minimum Gasteiger partial charge on any atom is -0.444 e. The molecule has 0 saturated carbocycles. The van der Waals surface area contributed by atoms with Gasteiger partial charge < -0.3 is 24.9 Å². The van der Waals surface area contributed by atoms with Gasteiger partial charge in [-0.15, -0.1) is 24.0 Å². The van der Waals surface area contributed by atoms with Crippen molar-refractivity contribution in [2.24, 2.45) is 4.99 Å². The van der Waals surface area contributed by atoms with Crippen LogP contribution in [0.1, 0.15) is 23.8 Å². The van der Waals surface area contributed by atoms with Gasteiger partial charge in [0, 0.05) is 52.4 Å². The van der Waals surface area contributed by atoms with Gasteiger partial charge in [0.2, 0.25) is 11.8 Å². The number of anilines is 1. The van der Waals surface area contributed by atoms with Crippen LogP contribution < -0.4 is 15.5 Å². The summed E-state index contributed by atoms with van der Waals surface area (Å²) in [5.74, 6) is 3.16. The lowest BCUT2D eigenvalue weighted by molar-refractivity contribution is -0.131. The number of aryl methyl sites for hydroxylation is 2. The van der Waals surface area contributed by atoms with Crippen LogP contribution in [0.5, 0.6) is 0 Å². The van der Waals surface area contributed by atoms with Crippen molar-refractivity contribution >= 4 is 41.7 Å². The summed E-state index contributed by atoms with van der Waals surface area (Å²) in [5, 5.41) is 6.31. The lowest BCUT2D eigenvalue weighted by atomic mass is 10.2. The Bertz CT molecular complexity index is 813. The fraction of sp³-hybridized carbons (Fsp3) is 0.500. The van der Waals surface area contributed by atoms with E-state index in [-0.39, 0.29) is 29.9 Å². The van der Waals surface area contributed by atoms with Crippen LogP contribution in [0.2, 0.25) is 0 Å². The molecule has 1 aliphatic heterocycles. The Kier molecular flexibility index (Phi) is 9.34. The largest absolute Gasteiger partial charge is 0.444 e. The zero-order valence-corrected chi connectivity index (χ0v) is 20.1. The Morgan fingerprint density at radius 2 is 1.97 bits per heavy atom. The number of aromatic nitrogens is 2. The van der Waals surface area contributed by atoms with Gasteiger partial charge in [0.25, 0.3) is 0 Å². The molecule has 0 aliphatic carbocycles. The van der Waals surface area contributed by atoms with Crippen LogP contribution in [0.4, 0.5) is 5.82 Å². The topological polar surface area (TPSA) is 98.9 Å². The fourth-order valence-corrected chi connectivity index (χ4v) is 3.17. The third kappa shape index (κ3) is 6.57. The molecule has 1 aliphatic rings. The molecule has 3 rings (SSSR count). The smallest absolute Gasteiger partial charge is 0.224 e. The van der Waals surface area contributed by atoms with Gasteiger partial charge >= 0.3 is 0 Å². The molecule has 1 fully saturated rings. The molecule has 0 atom stereocenters. The monoisotopic (exact) mass is 527 g/mol. The van der Waals surface area contributed by atoms with Crippen molar-refractivity contribution in [1.29, 1.82) is 0 Å². The minimum atomic E-state index is 0. The molecule has 3 heterocycles. The number of oxazole rings is 1. The number of aliphatic imine (C=N–C) groups is 1. The van der Waals surface area contributed by atoms with Crippen molar-refractivity contribution in [2.75, 3.05) is 44.7 Å². The summed E-state index contributed by atoms with van der Waals surface area (Å²) in [4.78, 5) is 29.5. The van der Waals surface area contributed by atoms with Crippen molar-refractivity contribution in [1.82, 2.24) is 25.5 Å². The summed E-state index contributed by atoms with van der Waals surface area (Å²) in [6.45, 7) is 7.79. The Morgan fingerprint density at radius 1 is 1.20 bits per heavy atom. The number of hydrogen-bond donors (Lipinski definition) is 2. The molecular weight excluding hydrogens is 497 g/mol. The van der Waals surface area contributed by atoms with E-state index in [2.05, 4.69) is 30.5 Å². The zero-order valence-electron chi connectivity index (χ0n) is 17.7. The standard InChI is InChI=1S/C20H29N7O2.HI/c1-15-16(2)29-18(25-15)14-24-20(21-3)23-9-7-19(28)27-12-10-26(11-13-27)17-6-4-5-8-22-17;/h4-6,8H,7,9-14H2,1-3H3,(H2,21,23,24);1H. The van der Waals surface area contributed by atoms with E-state index in [1.165, 1.54) is 0 Å². The first kappa shape index (κ1) is 23.9. The van der Waals surface area contributed by atoms with E-state index in [1.807, 2.05) is 36.9 Å². The summed E-state index contributed by atoms with van der Waals surface area (Å²) >= 11 is 0. The SMILES string of the molecule is CN=C(NCCC(=O)N1CCN(c2ccccn2)CC1)NCc1nc(C)c(C)o1.I. The molecule has 30 heavy (non-hydrogen) atoms. The zero-order chi connectivity index (χ0) is 20.6. The maximum Gasteiger partial charge on any atom is 0.224 e. The summed E-state index contributed by atoms with van der Waals surface area (Å²) in [7, 11) is 1.69. The van der Waals surface area contributed by atoms with Crippen LogP contribution in [0.15, 0.2) is 33.8 Å². The molecule has 0 radical (unpaired) electrons. The summed E-state index contributed by atoms with van der Waals surface area (Å²) in [6, 6.07) is 5.89. The summed E-state index contributed by atoms with van der Waals surface area (Å²) < 4.78 is 5.55. The Labute approximate surface area is 194 Å². The maximum atomic E-state index is 12.5. The lowest BCUT2D eigenvalue weighted by Crippen LogP contribution is -2.49. The number of carbonyl (C=O) groups is 1. The molecule has 0 aromatic carbocycles. The third-order valence-corrected chi connectivity index (χ3v) is 4.94. The van der Waals surface area contributed by atoms with E-state index in [1.54, 1.807) is 13.2 Å². The molecule has 0 bridgehead atoms. The molecule has 9 nitrogen and oxygen atoms in total. The highest BCUT2D eigenvalue weighted by molar-refractivity contribution is 14.0. The van der Waals surface area contributed by atoms with Crippen LogP contribution in [0.3, 0.4) is 0 Å². The van der Waals surface area contributed by atoms with Crippen molar-refractivity contribution < 1.29 is 9.21 Å². The van der Waals surface area contributed by atoms with Gasteiger partial charge in [-0.05, 0) is 26.0 Å². The average Bonchev–Trinajstić information content (AvgIpc) is 3.08. The van der Waals surface area contributed by atoms with E-state index in [0.717, 1.165) is 30.4 Å². The molecule has 2 N–H and O–H groups in total. The highest BCUT2D eigenvalue weighted by Gasteiger charge is 2.21. The quantitative estimate of drug-likeness (QED) is 0.335. The van der Waals surface area contributed by atoms with Gasteiger partial charge in [-0.25, -0.2) is 9.97 Å². The molecule has 1 saturated heterocycles. The molecule has 2 aromatic heterocycles. The van der Waals surface area contributed by atoms with Gasteiger partial charge in [0.15, 0.2) is 5.96 Å². The molecule has 2 aromatic rings. The van der Waals surface area contributed by atoms with E-state index < -0.39 is 0 Å². The second-order valence-corrected chi connectivity index (χ2v) is 6.91. The van der Waals surface area contributed by atoms with Crippen molar-refractivity contribution in [3.63, 3.8) is 0 Å². The predicted octanol–water partition coefficient (Wildman–Crippen LogP) is 1.71. The van der Waals surface area contributed by atoms with Crippen LogP contribution in [0, 0.1) is 13.8 Å². The van der Waals surface area contributed by atoms with Crippen LogP contribution in [-0.2, 0) is 11.3 Å². The van der Waals surface area contributed by atoms with Gasteiger partial charge in [0.1, 0.15) is 11.6 Å². The van der Waals surface area contributed by atoms with Crippen molar-refractivity contribution in [3.8, 4) is 0 Å². The number of amides is 1. The number of pyridine rings is 1. The second kappa shape index (κ2) is 11.7. The first-order valence-corrected chi connectivity index (χ1v) is 9.88. The molecule has 164 valence electrons. The summed E-state index contributed by atoms with van der Waals surface area (Å²) in [5.41, 5.74) is 0.887. The van der Waals surface area contributed by atoms with E-state index >= 15 is 0 Å². The number of piperazine rings is 1. The normalized spacial score (nSPS) is 14.3. The van der Waals surface area contributed by atoms with E-state index in [9.17, 15) is 4.79 Å². The van der Waals surface area contributed by atoms with Gasteiger partial charge in [-0.1, -0.05) is 6.07 Å². The molecule has 0 unspecified atom stereocenters. The molecule has 1 amide bonds. The number of carbonyl (C=O) groups excluding carboxylic acids is 1. The lowest BCUT2D eigenvalue weighted by Gasteiger charge is -2.35. The van der Waals surface area contributed by atoms with Crippen molar-refractivity contribution in [3.05, 3.63) is 41.7 Å². The highest BCUT2D eigenvalue weighted by Crippen LogP contribution is 2.13. The predicted molar refractivity (Wildman–Crippen MR) is 127 cm³/mol. The van der Waals surface area contributed by atoms with Crippen LogP contribution in [0.25, 0.3) is 0 Å². The highest BCUT2D eigenvalue weighted by atomic mass is 127. The Morgan fingerprint density at radius 3 is 2.57 bits per heavy atom. The Hall–Kier alpha value is -2.37. The first-order chi connectivity index (χ1) is 14.1. The van der Waals surface area contributed by atoms with Gasteiger partial charge in [0.05, 0.1) is 12.2 Å². The Balaban J connectivity index is 0.00000320. The number of halogens is 1. The number of nitrogens with one attached hydrogen (secondary N) is 2. The van der Waals surface area contributed by atoms with Crippen molar-refractivity contribution in [2.45, 2.75) is 26.8 Å². The number of nitrogens with zero attached hydrogens (tertiary/aromatic N) is 5. The first-order valence-electron chi connectivity index (χ1n) is 9.88. The van der Waals surface area contributed by atoms with E-state index in [4.69, 9.17) is 4.42 Å². The molecule has 10 heteroatoms. The third-order valence-electron chi connectivity index (χ3n) is 4.94. The maximum absolute atomic E-state index is 12.5. The summed E-state index contributed by atoms with van der Waals surface area (Å²) in [6.07, 6.45) is 2.21. The number of rotatable bonds is 6. The van der Waals surface area contributed by atoms with Crippen LogP contribution in [-0.4, -0.2) is 66.5 Å².